The van der Waals surface area contributed by atoms with Crippen molar-refractivity contribution in [3.8, 4) is 12.3 Å². The van der Waals surface area contributed by atoms with Crippen LogP contribution in [0, 0.1) is 18.2 Å². The first-order valence-electron chi connectivity index (χ1n) is 4.06. The minimum Gasteiger partial charge on any atom is -0.478 e. The number of terminal acetylenes is 1. The van der Waals surface area contributed by atoms with Crippen molar-refractivity contribution in [1.82, 2.24) is 0 Å². The number of nitrogens with one attached hydrogen (secondary N) is 1. The minimum atomic E-state index is -1.30. The van der Waals surface area contributed by atoms with Crippen molar-refractivity contribution in [2.24, 2.45) is 0 Å². The number of nitrogens with two attached hydrogens (primary N) is 1. The number of anilines is 2. The summed E-state index contributed by atoms with van der Waals surface area (Å²) in [5.74, 6) is 0.213. The molecule has 15 heavy (non-hydrogen) atoms. The highest BCUT2D eigenvalue weighted by molar-refractivity contribution is 6.00. The molecule has 0 heterocycles. The molecular weight excluding hydrogens is 199 g/mol. The van der Waals surface area contributed by atoms with Crippen molar-refractivity contribution in [2.75, 3.05) is 17.6 Å². The second kappa shape index (κ2) is 4.33. The lowest BCUT2D eigenvalue weighted by atomic mass is 10.1. The van der Waals surface area contributed by atoms with E-state index in [1.54, 1.807) is 0 Å². The average Bonchev–Trinajstić information content (AvgIpc) is 2.19. The van der Waals surface area contributed by atoms with E-state index >= 15 is 0 Å². The zero-order chi connectivity index (χ0) is 11.4. The van der Waals surface area contributed by atoms with E-state index in [4.69, 9.17) is 17.3 Å². The first-order chi connectivity index (χ1) is 7.07. The summed E-state index contributed by atoms with van der Waals surface area (Å²) in [6, 6.07) is 2.37. The van der Waals surface area contributed by atoms with Crippen molar-refractivity contribution in [2.45, 2.75) is 0 Å². The van der Waals surface area contributed by atoms with Gasteiger partial charge in [0, 0.05) is 0 Å². The van der Waals surface area contributed by atoms with Gasteiger partial charge in [-0.2, -0.15) is 0 Å². The number of halogens is 1. The monoisotopic (exact) mass is 208 g/mol. The van der Waals surface area contributed by atoms with Crippen molar-refractivity contribution < 1.29 is 14.3 Å². The molecule has 0 radical (unpaired) electrons. The van der Waals surface area contributed by atoms with Gasteiger partial charge in [0.15, 0.2) is 0 Å². The minimum absolute atomic E-state index is 0.144. The molecule has 1 aromatic carbocycles. The summed E-state index contributed by atoms with van der Waals surface area (Å²) < 4.78 is 13.0. The molecule has 4 nitrogen and oxygen atoms in total. The summed E-state index contributed by atoms with van der Waals surface area (Å²) in [7, 11) is 0. The molecule has 0 aliphatic rings. The van der Waals surface area contributed by atoms with Gasteiger partial charge in [0.2, 0.25) is 0 Å². The van der Waals surface area contributed by atoms with Gasteiger partial charge in [-0.15, -0.1) is 6.42 Å². The van der Waals surface area contributed by atoms with E-state index in [2.05, 4.69) is 11.2 Å². The molecule has 1 aromatic rings. The zero-order valence-electron chi connectivity index (χ0n) is 7.75. The van der Waals surface area contributed by atoms with E-state index in [1.807, 2.05) is 0 Å². The Morgan fingerprint density at radius 2 is 2.33 bits per heavy atom. The second-order valence-electron chi connectivity index (χ2n) is 2.75. The van der Waals surface area contributed by atoms with Gasteiger partial charge in [0.25, 0.3) is 0 Å². The van der Waals surface area contributed by atoms with Crippen molar-refractivity contribution in [3.05, 3.63) is 23.5 Å². The molecule has 0 amide bonds. The number of carboxylic acids is 1. The van der Waals surface area contributed by atoms with Crippen molar-refractivity contribution >= 4 is 17.3 Å². The maximum Gasteiger partial charge on any atom is 0.340 e. The van der Waals surface area contributed by atoms with Gasteiger partial charge in [0.05, 0.1) is 17.9 Å². The predicted molar refractivity (Wildman–Crippen MR) is 55.1 cm³/mol. The second-order valence-corrected chi connectivity index (χ2v) is 2.75. The van der Waals surface area contributed by atoms with Crippen LogP contribution in [0.3, 0.4) is 0 Å². The lowest BCUT2D eigenvalue weighted by Gasteiger charge is -2.09. The normalized spacial score (nSPS) is 9.33. The fourth-order valence-electron chi connectivity index (χ4n) is 1.12. The van der Waals surface area contributed by atoms with Gasteiger partial charge in [-0.05, 0) is 12.1 Å². The highest BCUT2D eigenvalue weighted by Crippen LogP contribution is 2.24. The molecule has 0 aliphatic heterocycles. The Hall–Kier alpha value is -2.22. The maximum atomic E-state index is 13.0. The molecule has 0 unspecified atom stereocenters. The van der Waals surface area contributed by atoms with Crippen LogP contribution in [0.25, 0.3) is 0 Å². The molecule has 4 N–H and O–H groups in total. The van der Waals surface area contributed by atoms with Gasteiger partial charge in [-0.25, -0.2) is 9.18 Å². The van der Waals surface area contributed by atoms with Crippen LogP contribution in [-0.4, -0.2) is 17.6 Å². The van der Waals surface area contributed by atoms with Crippen molar-refractivity contribution in [1.29, 1.82) is 0 Å². The molecule has 0 bridgehead atoms. The number of hydrogen-bond donors (Lipinski definition) is 3. The van der Waals surface area contributed by atoms with Crippen LogP contribution in [0.4, 0.5) is 15.8 Å². The number of carbonyl (C=O) groups is 1. The molecule has 0 saturated heterocycles. The van der Waals surface area contributed by atoms with Crippen LogP contribution < -0.4 is 11.1 Å². The summed E-state index contributed by atoms with van der Waals surface area (Å²) in [5.41, 5.74) is 4.82. The van der Waals surface area contributed by atoms with E-state index in [0.717, 1.165) is 6.07 Å². The molecule has 78 valence electrons. The Kier molecular flexibility index (Phi) is 3.13. The highest BCUT2D eigenvalue weighted by Gasteiger charge is 2.16. The Balaban J connectivity index is 3.22. The van der Waals surface area contributed by atoms with E-state index in [1.165, 1.54) is 6.07 Å². The van der Waals surface area contributed by atoms with Crippen molar-refractivity contribution in [3.63, 3.8) is 0 Å². The fourth-order valence-corrected chi connectivity index (χ4v) is 1.12. The predicted octanol–water partition coefficient (Wildman–Crippen LogP) is 1.15. The standard InChI is InChI=1S/C10H9FN2O2/c1-2-5-13-7-4-3-6(11)9(12)8(7)10(14)15/h1,3-4,13H,5,12H2,(H,14,15). The maximum absolute atomic E-state index is 13.0. The number of carboxylic acid groups (broad SMARTS) is 1. The molecule has 0 aromatic heterocycles. The molecule has 0 spiro atoms. The molecule has 0 atom stereocenters. The van der Waals surface area contributed by atoms with E-state index in [0.29, 0.717) is 0 Å². The Morgan fingerprint density at radius 3 is 2.87 bits per heavy atom. The van der Waals surface area contributed by atoms with Gasteiger partial charge >= 0.3 is 5.97 Å². The highest BCUT2D eigenvalue weighted by atomic mass is 19.1. The van der Waals surface area contributed by atoms with Crippen LogP contribution in [0.5, 0.6) is 0 Å². The van der Waals surface area contributed by atoms with Crippen LogP contribution in [-0.2, 0) is 0 Å². The summed E-state index contributed by atoms with van der Waals surface area (Å²) in [6.07, 6.45) is 5.01. The SMILES string of the molecule is C#CCNc1ccc(F)c(N)c1C(=O)O. The molecule has 0 aliphatic carbocycles. The molecule has 5 heteroatoms. The Labute approximate surface area is 85.9 Å². The number of nitrogen functional groups attached to an aromatic ring is 1. The van der Waals surface area contributed by atoms with Gasteiger partial charge < -0.3 is 16.2 Å². The van der Waals surface area contributed by atoms with Gasteiger partial charge in [-0.3, -0.25) is 0 Å². The Morgan fingerprint density at radius 1 is 1.67 bits per heavy atom. The molecular formula is C10H9FN2O2. The number of hydrogen-bond acceptors (Lipinski definition) is 3. The van der Waals surface area contributed by atoms with E-state index in [-0.39, 0.29) is 17.8 Å². The van der Waals surface area contributed by atoms with Gasteiger partial charge in [-0.1, -0.05) is 5.92 Å². The summed E-state index contributed by atoms with van der Waals surface area (Å²) in [4.78, 5) is 10.8. The van der Waals surface area contributed by atoms with Crippen LogP contribution >= 0.6 is 0 Å². The number of aromatic carboxylic acids is 1. The molecule has 1 rings (SSSR count). The lowest BCUT2D eigenvalue weighted by molar-refractivity contribution is 0.0698. The lowest BCUT2D eigenvalue weighted by Crippen LogP contribution is -2.10. The third kappa shape index (κ3) is 2.17. The largest absolute Gasteiger partial charge is 0.478 e. The Bertz CT molecular complexity index is 438. The van der Waals surface area contributed by atoms with Crippen LogP contribution in [0.2, 0.25) is 0 Å². The summed E-state index contributed by atoms with van der Waals surface area (Å²) in [5, 5.41) is 11.5. The smallest absolute Gasteiger partial charge is 0.340 e. The third-order valence-electron chi connectivity index (χ3n) is 1.79. The average molecular weight is 208 g/mol. The topological polar surface area (TPSA) is 75.3 Å². The summed E-state index contributed by atoms with van der Waals surface area (Å²) in [6.45, 7) is 0.144. The fraction of sp³-hybridized carbons (Fsp3) is 0.100. The number of rotatable bonds is 3. The molecule has 0 fully saturated rings. The van der Waals surface area contributed by atoms with Crippen LogP contribution in [0.1, 0.15) is 10.4 Å². The van der Waals surface area contributed by atoms with Gasteiger partial charge in [0.1, 0.15) is 11.4 Å². The zero-order valence-corrected chi connectivity index (χ0v) is 7.75. The first-order valence-corrected chi connectivity index (χ1v) is 4.06. The van der Waals surface area contributed by atoms with E-state index < -0.39 is 17.5 Å². The van der Waals surface area contributed by atoms with E-state index in [9.17, 15) is 9.18 Å². The van der Waals surface area contributed by atoms with Crippen LogP contribution in [0.15, 0.2) is 12.1 Å². The summed E-state index contributed by atoms with van der Waals surface area (Å²) >= 11 is 0. The first kappa shape index (κ1) is 10.9. The molecule has 0 saturated carbocycles. The number of benzene rings is 1. The quantitative estimate of drug-likeness (QED) is 0.514. The third-order valence-corrected chi connectivity index (χ3v) is 1.79.